The maximum atomic E-state index is 13.8. The van der Waals surface area contributed by atoms with Gasteiger partial charge in [-0.2, -0.15) is 0 Å². The third kappa shape index (κ3) is 3.75. The summed E-state index contributed by atoms with van der Waals surface area (Å²) in [5, 5.41) is 14.5. The number of rotatable bonds is 5. The Morgan fingerprint density at radius 3 is 3.00 bits per heavy atom. The molecule has 1 aliphatic rings. The van der Waals surface area contributed by atoms with E-state index in [4.69, 9.17) is 5.10 Å². The van der Waals surface area contributed by atoms with Crippen LogP contribution in [0.1, 0.15) is 36.9 Å². The number of nitrogens with one attached hydrogen (secondary N) is 1. The Labute approximate surface area is 183 Å². The van der Waals surface area contributed by atoms with E-state index in [9.17, 15) is 14.3 Å². The number of hydrogen-bond acceptors (Lipinski definition) is 6. The fourth-order valence-electron chi connectivity index (χ4n) is 4.36. The molecule has 4 aromatic heterocycles. The van der Waals surface area contributed by atoms with Gasteiger partial charge in [-0.15, -0.1) is 5.10 Å². The van der Waals surface area contributed by atoms with Crippen molar-refractivity contribution in [3.8, 4) is 11.4 Å². The number of anilines is 1. The lowest BCUT2D eigenvalue weighted by atomic mass is 10.1. The van der Waals surface area contributed by atoms with Crippen molar-refractivity contribution < 1.29 is 9.50 Å². The fourth-order valence-corrected chi connectivity index (χ4v) is 4.36. The smallest absolute Gasteiger partial charge is 0.253 e. The van der Waals surface area contributed by atoms with Crippen LogP contribution < -0.4 is 10.5 Å². The third-order valence-electron chi connectivity index (χ3n) is 5.77. The largest absolute Gasteiger partial charge is 0.393 e. The molecular weight excluding hydrogens is 411 g/mol. The molecule has 0 amide bonds. The van der Waals surface area contributed by atoms with Crippen molar-refractivity contribution in [1.82, 2.24) is 24.6 Å². The number of imidazole rings is 1. The summed E-state index contributed by atoms with van der Waals surface area (Å²) in [4.78, 5) is 25.8. The van der Waals surface area contributed by atoms with E-state index in [1.54, 1.807) is 23.8 Å². The molecule has 5 rings (SSSR count). The summed E-state index contributed by atoms with van der Waals surface area (Å²) in [6.07, 6.45) is 6.21. The molecule has 2 N–H and O–H groups in total. The second-order valence-electron chi connectivity index (χ2n) is 8.16. The van der Waals surface area contributed by atoms with E-state index >= 15 is 0 Å². The van der Waals surface area contributed by atoms with Gasteiger partial charge in [-0.05, 0) is 62.1 Å². The van der Waals surface area contributed by atoms with Crippen molar-refractivity contribution in [2.45, 2.75) is 38.3 Å². The van der Waals surface area contributed by atoms with Crippen LogP contribution in [0.2, 0.25) is 0 Å². The Kier molecular flexibility index (Phi) is 5.18. The quantitative estimate of drug-likeness (QED) is 0.501. The molecule has 2 atom stereocenters. The van der Waals surface area contributed by atoms with E-state index in [1.807, 2.05) is 29.2 Å². The van der Waals surface area contributed by atoms with Crippen LogP contribution in [-0.2, 0) is 6.42 Å². The van der Waals surface area contributed by atoms with Crippen molar-refractivity contribution in [3.05, 3.63) is 76.2 Å². The zero-order valence-electron chi connectivity index (χ0n) is 17.6. The van der Waals surface area contributed by atoms with Gasteiger partial charge in [0.05, 0.1) is 24.0 Å². The van der Waals surface area contributed by atoms with Gasteiger partial charge in [0.1, 0.15) is 17.3 Å². The lowest BCUT2D eigenvalue weighted by molar-refractivity contribution is 0.195. The van der Waals surface area contributed by atoms with Crippen LogP contribution in [0.3, 0.4) is 0 Å². The molecule has 0 aromatic carbocycles. The molecule has 32 heavy (non-hydrogen) atoms. The molecule has 4 aromatic rings. The molecule has 9 heteroatoms. The van der Waals surface area contributed by atoms with E-state index in [-0.39, 0.29) is 11.6 Å². The van der Waals surface area contributed by atoms with Crippen LogP contribution in [0.4, 0.5) is 10.2 Å². The number of hydrogen-bond donors (Lipinski definition) is 2. The van der Waals surface area contributed by atoms with Gasteiger partial charge >= 0.3 is 0 Å². The number of fused-ring (bicyclic) bond motifs is 1. The minimum absolute atomic E-state index is 0.251. The van der Waals surface area contributed by atoms with Gasteiger partial charge in [0, 0.05) is 24.5 Å². The average molecular weight is 434 g/mol. The summed E-state index contributed by atoms with van der Waals surface area (Å²) in [5.74, 6) is 0.220. The van der Waals surface area contributed by atoms with Crippen LogP contribution in [0.25, 0.3) is 17.0 Å². The van der Waals surface area contributed by atoms with Crippen LogP contribution >= 0.6 is 0 Å². The molecule has 1 aliphatic heterocycles. The van der Waals surface area contributed by atoms with Crippen molar-refractivity contribution >= 4 is 11.5 Å². The number of pyridine rings is 2. The van der Waals surface area contributed by atoms with Crippen molar-refractivity contribution in [2.24, 2.45) is 0 Å². The Balaban J connectivity index is 1.54. The minimum atomic E-state index is -0.463. The van der Waals surface area contributed by atoms with Crippen LogP contribution in [-0.4, -0.2) is 42.3 Å². The second-order valence-corrected chi connectivity index (χ2v) is 8.16. The maximum absolute atomic E-state index is 13.8. The van der Waals surface area contributed by atoms with Gasteiger partial charge in [-0.1, -0.05) is 0 Å². The van der Waals surface area contributed by atoms with Crippen molar-refractivity contribution in [2.75, 3.05) is 11.4 Å². The van der Waals surface area contributed by atoms with E-state index in [1.165, 1.54) is 6.07 Å². The van der Waals surface area contributed by atoms with Crippen molar-refractivity contribution in [3.63, 3.8) is 0 Å². The number of nitrogens with zero attached hydrogens (tertiary/aromatic N) is 5. The van der Waals surface area contributed by atoms with E-state index < -0.39 is 11.9 Å². The standard InChI is InChI=1S/C23H23FN6O2/c1-14(31)9-15-6-7-25-18(10-15)20-13-26-21-4-5-22(28-30(20)21)29-8-2-3-19(29)17-11-16(24)12-27-23(17)32/h4-7,10-14,19,31H,2-3,8-9H2,1H3,(H,27,32)/t14-,19+/m0/s1. The van der Waals surface area contributed by atoms with Gasteiger partial charge in [-0.3, -0.25) is 9.78 Å². The van der Waals surface area contributed by atoms with Gasteiger partial charge < -0.3 is 15.0 Å². The average Bonchev–Trinajstić information content (AvgIpc) is 3.42. The number of aliphatic hydroxyl groups is 1. The highest BCUT2D eigenvalue weighted by Gasteiger charge is 2.30. The lowest BCUT2D eigenvalue weighted by Crippen LogP contribution is -2.29. The maximum Gasteiger partial charge on any atom is 0.253 e. The van der Waals surface area contributed by atoms with Crippen LogP contribution in [0, 0.1) is 5.82 Å². The summed E-state index contributed by atoms with van der Waals surface area (Å²) in [6, 6.07) is 8.60. The molecule has 8 nitrogen and oxygen atoms in total. The number of aromatic amines is 1. The Morgan fingerprint density at radius 2 is 2.16 bits per heavy atom. The van der Waals surface area contributed by atoms with Crippen LogP contribution in [0.5, 0.6) is 0 Å². The van der Waals surface area contributed by atoms with Crippen LogP contribution in [0.15, 0.2) is 53.7 Å². The number of aliphatic hydroxyl groups excluding tert-OH is 1. The lowest BCUT2D eigenvalue weighted by Gasteiger charge is -2.25. The fraction of sp³-hybridized carbons (Fsp3) is 0.304. The molecule has 0 unspecified atom stereocenters. The Hall–Kier alpha value is -3.59. The summed E-state index contributed by atoms with van der Waals surface area (Å²) >= 11 is 0. The van der Waals surface area contributed by atoms with Gasteiger partial charge in [0.25, 0.3) is 5.56 Å². The second kappa shape index (κ2) is 8.16. The molecule has 0 aliphatic carbocycles. The first kappa shape index (κ1) is 20.3. The first-order valence-corrected chi connectivity index (χ1v) is 10.6. The first-order chi connectivity index (χ1) is 15.5. The number of aromatic nitrogens is 5. The Bertz CT molecular complexity index is 1330. The molecule has 0 saturated carbocycles. The highest BCUT2D eigenvalue weighted by molar-refractivity contribution is 5.61. The molecule has 0 spiro atoms. The molecule has 0 radical (unpaired) electrons. The van der Waals surface area contributed by atoms with Gasteiger partial charge in [-0.25, -0.2) is 13.9 Å². The summed E-state index contributed by atoms with van der Waals surface area (Å²) in [5.41, 5.74) is 3.20. The topological polar surface area (TPSA) is 99.4 Å². The predicted molar refractivity (Wildman–Crippen MR) is 118 cm³/mol. The zero-order chi connectivity index (χ0) is 22.2. The normalized spacial score (nSPS) is 17.2. The number of H-pyrrole nitrogens is 1. The van der Waals surface area contributed by atoms with Crippen molar-refractivity contribution in [1.29, 1.82) is 0 Å². The monoisotopic (exact) mass is 434 g/mol. The summed E-state index contributed by atoms with van der Waals surface area (Å²) < 4.78 is 15.5. The van der Waals surface area contributed by atoms with E-state index in [0.29, 0.717) is 35.7 Å². The molecule has 1 saturated heterocycles. The molecule has 164 valence electrons. The van der Waals surface area contributed by atoms with E-state index in [2.05, 4.69) is 15.0 Å². The number of halogens is 1. The first-order valence-electron chi connectivity index (χ1n) is 10.6. The van der Waals surface area contributed by atoms with Gasteiger partial charge in [0.2, 0.25) is 0 Å². The van der Waals surface area contributed by atoms with E-state index in [0.717, 1.165) is 30.3 Å². The molecule has 0 bridgehead atoms. The summed E-state index contributed by atoms with van der Waals surface area (Å²) in [7, 11) is 0. The van der Waals surface area contributed by atoms with Gasteiger partial charge in [0.15, 0.2) is 5.65 Å². The Morgan fingerprint density at radius 1 is 1.28 bits per heavy atom. The third-order valence-corrected chi connectivity index (χ3v) is 5.77. The zero-order valence-corrected chi connectivity index (χ0v) is 17.6. The molecule has 1 fully saturated rings. The summed E-state index contributed by atoms with van der Waals surface area (Å²) in [6.45, 7) is 2.46. The minimum Gasteiger partial charge on any atom is -0.393 e. The highest BCUT2D eigenvalue weighted by atomic mass is 19.1. The predicted octanol–water partition coefficient (Wildman–Crippen LogP) is 2.88. The highest BCUT2D eigenvalue weighted by Crippen LogP contribution is 2.34. The molecule has 5 heterocycles. The molecular formula is C23H23FN6O2. The SMILES string of the molecule is C[C@H](O)Cc1ccnc(-c2cnc3ccc(N4CCC[C@@H]4c4cc(F)c[nH]c4=O)nn23)c1.